The first-order valence-corrected chi connectivity index (χ1v) is 13.3. The highest BCUT2D eigenvalue weighted by molar-refractivity contribution is 7.51. The molecule has 0 unspecified atom stereocenters. The van der Waals surface area contributed by atoms with Crippen LogP contribution in [0.5, 0.6) is 0 Å². The molecule has 0 atom stereocenters. The van der Waals surface area contributed by atoms with Gasteiger partial charge >= 0.3 is 7.60 Å². The molecule has 0 aromatic carbocycles. The highest BCUT2D eigenvalue weighted by Gasteiger charge is 2.33. The third-order valence-electron chi connectivity index (χ3n) is 3.95. The Labute approximate surface area is 142 Å². The molecule has 23 heavy (non-hydrogen) atoms. The Hall–Kier alpha value is -0.293. The fourth-order valence-electron chi connectivity index (χ4n) is 2.68. The van der Waals surface area contributed by atoms with Crippen LogP contribution in [-0.2, 0) is 14.0 Å². The molecule has 0 spiro atoms. The van der Waals surface area contributed by atoms with Crippen LogP contribution < -0.4 is 0 Å². The molecule has 0 aromatic rings. The van der Waals surface area contributed by atoms with Crippen LogP contribution in [0, 0.1) is 0 Å². The maximum absolute atomic E-state index is 11.4. The molecule has 0 aromatic heterocycles. The van der Waals surface area contributed by atoms with Crippen molar-refractivity contribution in [2.24, 2.45) is 0 Å². The second kappa shape index (κ2) is 12.1. The molecule has 138 valence electrons. The summed E-state index contributed by atoms with van der Waals surface area (Å²) in [5.74, 6) is 0.555. The maximum atomic E-state index is 11.4. The topological polar surface area (TPSA) is 76.0 Å². The Morgan fingerprint density at radius 2 is 1.43 bits per heavy atom. The molecule has 0 rings (SSSR count). The Kier molecular flexibility index (Phi) is 12.0. The number of unbranched alkanes of at least 4 members (excludes halogenated alkanes) is 2. The lowest BCUT2D eigenvalue weighted by Gasteiger charge is -2.29. The fourth-order valence-corrected chi connectivity index (χ4v) is 9.59. The zero-order chi connectivity index (χ0) is 17.8. The van der Waals surface area contributed by atoms with E-state index in [1.807, 2.05) is 13.8 Å². The average Bonchev–Trinajstić information content (AvgIpc) is 2.48. The Bertz CT molecular complexity index is 365. The summed E-state index contributed by atoms with van der Waals surface area (Å²) in [5, 5.41) is 0. The van der Waals surface area contributed by atoms with Crippen LogP contribution in [0.2, 0.25) is 18.1 Å². The maximum Gasteiger partial charge on any atom is 0.325 e. The number of hydrogen-bond acceptors (Lipinski definition) is 3. The first-order chi connectivity index (χ1) is 10.8. The van der Waals surface area contributed by atoms with Gasteiger partial charge in [0.25, 0.3) is 5.95 Å². The van der Waals surface area contributed by atoms with Gasteiger partial charge in [-0.2, -0.15) is 0 Å². The van der Waals surface area contributed by atoms with Crippen molar-refractivity contribution in [3.8, 4) is 0 Å². The molecule has 0 saturated heterocycles. The van der Waals surface area contributed by atoms with Crippen molar-refractivity contribution >= 4 is 15.7 Å². The lowest BCUT2D eigenvalue weighted by atomic mass is 10.4. The SMILES string of the molecule is CCCC[Si](C=C(OCC)OCC)(CCCC)CCP(=O)(O)O. The molecule has 5 nitrogen and oxygen atoms in total. The molecule has 0 heterocycles. The van der Waals surface area contributed by atoms with Crippen LogP contribution in [0.25, 0.3) is 0 Å². The van der Waals surface area contributed by atoms with Crippen molar-refractivity contribution in [3.05, 3.63) is 11.6 Å². The lowest BCUT2D eigenvalue weighted by Crippen LogP contribution is -2.34. The molecule has 0 amide bonds. The molecule has 0 aliphatic heterocycles. The fraction of sp³-hybridized carbons (Fsp3) is 0.875. The van der Waals surface area contributed by atoms with Crippen molar-refractivity contribution in [1.82, 2.24) is 0 Å². The van der Waals surface area contributed by atoms with Gasteiger partial charge in [-0.25, -0.2) is 0 Å². The van der Waals surface area contributed by atoms with Gasteiger partial charge in [0.2, 0.25) is 0 Å². The Morgan fingerprint density at radius 1 is 0.957 bits per heavy atom. The summed E-state index contributed by atoms with van der Waals surface area (Å²) in [4.78, 5) is 18.6. The van der Waals surface area contributed by atoms with Crippen LogP contribution in [0.3, 0.4) is 0 Å². The first kappa shape index (κ1) is 22.7. The van der Waals surface area contributed by atoms with E-state index in [4.69, 9.17) is 9.47 Å². The molecule has 0 bridgehead atoms. The predicted molar refractivity (Wildman–Crippen MR) is 98.2 cm³/mol. The van der Waals surface area contributed by atoms with Gasteiger partial charge < -0.3 is 19.3 Å². The number of ether oxygens (including phenoxy) is 2. The summed E-state index contributed by atoms with van der Waals surface area (Å²) in [5.41, 5.74) is 2.13. The van der Waals surface area contributed by atoms with E-state index in [0.717, 1.165) is 37.8 Å². The molecule has 0 aliphatic rings. The molecule has 0 radical (unpaired) electrons. The van der Waals surface area contributed by atoms with E-state index >= 15 is 0 Å². The zero-order valence-corrected chi connectivity index (χ0v) is 17.1. The van der Waals surface area contributed by atoms with Crippen molar-refractivity contribution in [2.45, 2.75) is 71.5 Å². The lowest BCUT2D eigenvalue weighted by molar-refractivity contribution is 0.0473. The standard InChI is InChI=1S/C16H35O5PSi/c1-5-9-12-23(13-10-6-2,14-11-22(17,18)19)15-16(20-7-3)21-8-4/h15H,5-14H2,1-4H3,(H2,17,18,19). The quantitative estimate of drug-likeness (QED) is 0.265. The van der Waals surface area contributed by atoms with Gasteiger partial charge in [-0.3, -0.25) is 4.57 Å². The zero-order valence-electron chi connectivity index (χ0n) is 15.2. The molecule has 7 heteroatoms. The van der Waals surface area contributed by atoms with Crippen molar-refractivity contribution < 1.29 is 23.8 Å². The highest BCUT2D eigenvalue weighted by atomic mass is 31.2. The minimum Gasteiger partial charge on any atom is -0.466 e. The van der Waals surface area contributed by atoms with Gasteiger partial charge in [0.15, 0.2) is 0 Å². The van der Waals surface area contributed by atoms with Crippen LogP contribution in [0.4, 0.5) is 0 Å². The third-order valence-corrected chi connectivity index (χ3v) is 9.97. The molecule has 0 saturated carbocycles. The molecule has 2 N–H and O–H groups in total. The van der Waals surface area contributed by atoms with E-state index in [0.29, 0.717) is 25.2 Å². The molecule has 0 fully saturated rings. The van der Waals surface area contributed by atoms with Gasteiger partial charge in [0, 0.05) is 6.16 Å². The van der Waals surface area contributed by atoms with Crippen LogP contribution in [0.15, 0.2) is 11.6 Å². The predicted octanol–water partition coefficient (Wildman–Crippen LogP) is 4.67. The van der Waals surface area contributed by atoms with Gasteiger partial charge in [0.1, 0.15) is 0 Å². The Morgan fingerprint density at radius 3 is 1.78 bits per heavy atom. The monoisotopic (exact) mass is 366 g/mol. The summed E-state index contributed by atoms with van der Waals surface area (Å²) in [7, 11) is -5.97. The van der Waals surface area contributed by atoms with E-state index in [1.165, 1.54) is 0 Å². The highest BCUT2D eigenvalue weighted by Crippen LogP contribution is 2.40. The first-order valence-electron chi connectivity index (χ1n) is 8.85. The minimum absolute atomic E-state index is 0.0331. The summed E-state index contributed by atoms with van der Waals surface area (Å²) >= 11 is 0. The van der Waals surface area contributed by atoms with Crippen molar-refractivity contribution in [3.63, 3.8) is 0 Å². The van der Waals surface area contributed by atoms with E-state index in [1.54, 1.807) is 0 Å². The van der Waals surface area contributed by atoms with E-state index in [-0.39, 0.29) is 6.16 Å². The molecular weight excluding hydrogens is 331 g/mol. The molecule has 0 aliphatic carbocycles. The van der Waals surface area contributed by atoms with E-state index < -0.39 is 15.7 Å². The number of rotatable bonds is 14. The van der Waals surface area contributed by atoms with Gasteiger partial charge in [-0.05, 0) is 25.6 Å². The largest absolute Gasteiger partial charge is 0.466 e. The van der Waals surface area contributed by atoms with Crippen molar-refractivity contribution in [1.29, 1.82) is 0 Å². The second-order valence-electron chi connectivity index (χ2n) is 6.04. The van der Waals surface area contributed by atoms with Crippen LogP contribution in [-0.4, -0.2) is 37.2 Å². The normalized spacial score (nSPS) is 12.1. The summed E-state index contributed by atoms with van der Waals surface area (Å²) < 4.78 is 22.6. The van der Waals surface area contributed by atoms with Crippen LogP contribution >= 0.6 is 7.60 Å². The van der Waals surface area contributed by atoms with Crippen LogP contribution in [0.1, 0.15) is 53.4 Å². The van der Waals surface area contributed by atoms with E-state index in [2.05, 4.69) is 19.5 Å². The summed E-state index contributed by atoms with van der Waals surface area (Å²) in [6.45, 7) is 9.22. The average molecular weight is 367 g/mol. The smallest absolute Gasteiger partial charge is 0.325 e. The third kappa shape index (κ3) is 11.0. The van der Waals surface area contributed by atoms with Gasteiger partial charge in [-0.1, -0.05) is 51.6 Å². The summed E-state index contributed by atoms with van der Waals surface area (Å²) in [6.07, 6.45) is 4.30. The van der Waals surface area contributed by atoms with Gasteiger partial charge in [-0.15, -0.1) is 0 Å². The summed E-state index contributed by atoms with van der Waals surface area (Å²) in [6, 6.07) is 2.67. The van der Waals surface area contributed by atoms with Gasteiger partial charge in [0.05, 0.1) is 21.3 Å². The van der Waals surface area contributed by atoms with Crippen molar-refractivity contribution in [2.75, 3.05) is 19.4 Å². The second-order valence-corrected chi connectivity index (χ2v) is 12.3. The Balaban J connectivity index is 5.44. The number of hydrogen-bond donors (Lipinski definition) is 2. The molecular formula is C16H35O5PSi. The van der Waals surface area contributed by atoms with E-state index in [9.17, 15) is 14.4 Å². The minimum atomic E-state index is -3.98.